The van der Waals surface area contributed by atoms with Gasteiger partial charge in [0.15, 0.2) is 0 Å². The van der Waals surface area contributed by atoms with Crippen molar-refractivity contribution in [3.63, 3.8) is 0 Å². The second-order valence-electron chi connectivity index (χ2n) is 4.74. The molecule has 128 valence electrons. The summed E-state index contributed by atoms with van der Waals surface area (Å²) in [6, 6.07) is 8.38. The van der Waals surface area contributed by atoms with E-state index in [0.717, 1.165) is 18.4 Å². The molecule has 0 heterocycles. The first-order valence-electron chi connectivity index (χ1n) is 6.52. The van der Waals surface area contributed by atoms with Gasteiger partial charge >= 0.3 is 0 Å². The average Bonchev–Trinajstić information content (AvgIpc) is 2.49. The summed E-state index contributed by atoms with van der Waals surface area (Å²) in [5.74, 6) is -1.11. The predicted molar refractivity (Wildman–Crippen MR) is 86.8 cm³/mol. The maximum Gasteiger partial charge on any atom is 0.267 e. The Bertz CT molecular complexity index is 868. The topological polar surface area (TPSA) is 81.7 Å². The van der Waals surface area contributed by atoms with E-state index in [2.05, 4.69) is 0 Å². The number of rotatable bonds is 5. The first-order valence-corrected chi connectivity index (χ1v) is 8.79. The maximum atomic E-state index is 14.1. The van der Waals surface area contributed by atoms with Gasteiger partial charge in [0.2, 0.25) is 10.0 Å². The molecule has 2 aromatic rings. The maximum absolute atomic E-state index is 14.1. The molecule has 1 N–H and O–H groups in total. The van der Waals surface area contributed by atoms with Crippen LogP contribution in [-0.4, -0.2) is 27.7 Å². The van der Waals surface area contributed by atoms with Gasteiger partial charge in [-0.3, -0.25) is 4.79 Å². The highest BCUT2D eigenvalue weighted by molar-refractivity contribution is 7.89. The summed E-state index contributed by atoms with van der Waals surface area (Å²) in [5, 5.41) is -0.0501. The van der Waals surface area contributed by atoms with E-state index in [1.54, 1.807) is 29.0 Å². The number of carbonyl (C=O) groups is 1. The lowest BCUT2D eigenvalue weighted by atomic mass is 10.2. The number of halogens is 2. The Labute approximate surface area is 143 Å². The smallest absolute Gasteiger partial charge is 0.267 e. The number of methoxy groups -OCH3 is 1. The highest BCUT2D eigenvalue weighted by Crippen LogP contribution is 2.32. The summed E-state index contributed by atoms with van der Waals surface area (Å²) in [6.07, 6.45) is 0.783. The standard InChI is InChI=1S/C15H13ClFNO5S/c1-22-9-3-5-10(6-4-9)23-14-8-13(17)11(7-12(14)16)15(19)18-24(2,20)21/h3-8H,1-2H3,(H,18,19). The molecule has 0 aromatic heterocycles. The largest absolute Gasteiger partial charge is 0.497 e. The first kappa shape index (κ1) is 18.0. The molecular formula is C15H13ClFNO5S. The number of ether oxygens (including phenoxy) is 2. The van der Waals surface area contributed by atoms with Crippen molar-refractivity contribution in [3.8, 4) is 17.2 Å². The van der Waals surface area contributed by atoms with Gasteiger partial charge in [-0.05, 0) is 30.3 Å². The van der Waals surface area contributed by atoms with Crippen LogP contribution in [0.15, 0.2) is 36.4 Å². The molecule has 0 atom stereocenters. The van der Waals surface area contributed by atoms with Gasteiger partial charge in [0.05, 0.1) is 24.0 Å². The Morgan fingerprint density at radius 3 is 2.29 bits per heavy atom. The van der Waals surface area contributed by atoms with Crippen LogP contribution in [0.5, 0.6) is 17.2 Å². The van der Waals surface area contributed by atoms with Crippen LogP contribution in [0.1, 0.15) is 10.4 Å². The molecule has 0 spiro atoms. The van der Waals surface area contributed by atoms with E-state index in [-0.39, 0.29) is 10.8 Å². The third-order valence-corrected chi connectivity index (χ3v) is 3.68. The van der Waals surface area contributed by atoms with Crippen molar-refractivity contribution in [1.29, 1.82) is 0 Å². The normalized spacial score (nSPS) is 11.0. The Balaban J connectivity index is 2.27. The minimum atomic E-state index is -3.82. The molecule has 24 heavy (non-hydrogen) atoms. The van der Waals surface area contributed by atoms with Crippen LogP contribution < -0.4 is 14.2 Å². The lowest BCUT2D eigenvalue weighted by molar-refractivity contribution is 0.0977. The van der Waals surface area contributed by atoms with Crippen molar-refractivity contribution in [2.24, 2.45) is 0 Å². The SMILES string of the molecule is COc1ccc(Oc2cc(F)c(C(=O)NS(C)(=O)=O)cc2Cl)cc1. The summed E-state index contributed by atoms with van der Waals surface area (Å²) in [5.41, 5.74) is -0.507. The molecule has 0 aliphatic heterocycles. The first-order chi connectivity index (χ1) is 11.2. The van der Waals surface area contributed by atoms with Gasteiger partial charge in [-0.25, -0.2) is 17.5 Å². The van der Waals surface area contributed by atoms with Crippen LogP contribution in [-0.2, 0) is 10.0 Å². The van der Waals surface area contributed by atoms with Crippen LogP contribution in [0.4, 0.5) is 4.39 Å². The predicted octanol–water partition coefficient (Wildman–Crippen LogP) is 2.97. The Morgan fingerprint density at radius 2 is 1.75 bits per heavy atom. The van der Waals surface area contributed by atoms with Crippen molar-refractivity contribution >= 4 is 27.5 Å². The number of nitrogens with one attached hydrogen (secondary N) is 1. The molecule has 0 fully saturated rings. The van der Waals surface area contributed by atoms with Crippen LogP contribution >= 0.6 is 11.6 Å². The van der Waals surface area contributed by atoms with Crippen molar-refractivity contribution in [2.75, 3.05) is 13.4 Å². The number of hydrogen-bond donors (Lipinski definition) is 1. The number of hydrogen-bond acceptors (Lipinski definition) is 5. The zero-order valence-corrected chi connectivity index (χ0v) is 14.2. The number of benzene rings is 2. The summed E-state index contributed by atoms with van der Waals surface area (Å²) in [6.45, 7) is 0. The highest BCUT2D eigenvalue weighted by atomic mass is 35.5. The number of sulfonamides is 1. The quantitative estimate of drug-likeness (QED) is 0.871. The van der Waals surface area contributed by atoms with Gasteiger partial charge in [-0.1, -0.05) is 11.6 Å². The Morgan fingerprint density at radius 1 is 1.17 bits per heavy atom. The molecule has 2 aromatic carbocycles. The molecule has 0 saturated carbocycles. The average molecular weight is 374 g/mol. The van der Waals surface area contributed by atoms with Gasteiger partial charge in [0.25, 0.3) is 5.91 Å². The second kappa shape index (κ2) is 7.06. The second-order valence-corrected chi connectivity index (χ2v) is 6.90. The van der Waals surface area contributed by atoms with Gasteiger partial charge in [-0.15, -0.1) is 0 Å². The van der Waals surface area contributed by atoms with Gasteiger partial charge < -0.3 is 9.47 Å². The fourth-order valence-corrected chi connectivity index (χ4v) is 2.42. The third kappa shape index (κ3) is 4.59. The van der Waals surface area contributed by atoms with E-state index >= 15 is 0 Å². The van der Waals surface area contributed by atoms with Crippen molar-refractivity contribution in [3.05, 3.63) is 52.8 Å². The minimum absolute atomic E-state index is 0.0183. The van der Waals surface area contributed by atoms with Crippen LogP contribution in [0.2, 0.25) is 5.02 Å². The van der Waals surface area contributed by atoms with Crippen LogP contribution in [0, 0.1) is 5.82 Å². The van der Waals surface area contributed by atoms with E-state index in [1.165, 1.54) is 7.11 Å². The lowest BCUT2D eigenvalue weighted by Crippen LogP contribution is -2.30. The summed E-state index contributed by atoms with van der Waals surface area (Å²) >= 11 is 5.98. The molecule has 0 saturated heterocycles. The monoisotopic (exact) mass is 373 g/mol. The zero-order chi connectivity index (χ0) is 17.9. The molecule has 1 amide bonds. The minimum Gasteiger partial charge on any atom is -0.497 e. The fraction of sp³-hybridized carbons (Fsp3) is 0.133. The summed E-state index contributed by atoms with van der Waals surface area (Å²) in [7, 11) is -2.30. The van der Waals surface area contributed by atoms with E-state index in [4.69, 9.17) is 21.1 Å². The number of carbonyl (C=O) groups excluding carboxylic acids is 1. The van der Waals surface area contributed by atoms with E-state index in [0.29, 0.717) is 11.5 Å². The number of amides is 1. The molecule has 0 bridgehead atoms. The highest BCUT2D eigenvalue weighted by Gasteiger charge is 2.19. The van der Waals surface area contributed by atoms with Gasteiger partial charge in [0, 0.05) is 6.07 Å². The van der Waals surface area contributed by atoms with Crippen molar-refractivity contribution in [1.82, 2.24) is 4.72 Å². The third-order valence-electron chi connectivity index (χ3n) is 2.83. The summed E-state index contributed by atoms with van der Waals surface area (Å²) < 4.78 is 48.3. The van der Waals surface area contributed by atoms with E-state index in [1.807, 2.05) is 0 Å². The van der Waals surface area contributed by atoms with Crippen LogP contribution in [0.3, 0.4) is 0 Å². The molecule has 9 heteroatoms. The molecule has 6 nitrogen and oxygen atoms in total. The molecular weight excluding hydrogens is 361 g/mol. The van der Waals surface area contributed by atoms with E-state index in [9.17, 15) is 17.6 Å². The van der Waals surface area contributed by atoms with Crippen molar-refractivity contribution in [2.45, 2.75) is 0 Å². The Kier molecular flexibility index (Phi) is 5.30. The van der Waals surface area contributed by atoms with Crippen LogP contribution in [0.25, 0.3) is 0 Å². The van der Waals surface area contributed by atoms with Gasteiger partial charge in [-0.2, -0.15) is 0 Å². The molecule has 0 aliphatic carbocycles. The lowest BCUT2D eigenvalue weighted by Gasteiger charge is -2.11. The molecule has 0 unspecified atom stereocenters. The molecule has 0 aliphatic rings. The zero-order valence-electron chi connectivity index (χ0n) is 12.7. The van der Waals surface area contributed by atoms with Crippen molar-refractivity contribution < 1.29 is 27.1 Å². The Hall–Kier alpha value is -2.32. The fourth-order valence-electron chi connectivity index (χ4n) is 1.77. The summed E-state index contributed by atoms with van der Waals surface area (Å²) in [4.78, 5) is 11.7. The van der Waals surface area contributed by atoms with Gasteiger partial charge in [0.1, 0.15) is 23.1 Å². The molecule has 2 rings (SSSR count). The van der Waals surface area contributed by atoms with E-state index < -0.39 is 27.3 Å². The molecule has 0 radical (unpaired) electrons.